The molecule has 0 aliphatic heterocycles. The number of amides is 1. The molecule has 19 heavy (non-hydrogen) atoms. The first-order valence-corrected chi connectivity index (χ1v) is 7.13. The van der Waals surface area contributed by atoms with E-state index in [0.717, 1.165) is 16.5 Å². The van der Waals surface area contributed by atoms with Gasteiger partial charge in [0.2, 0.25) is 5.91 Å². The van der Waals surface area contributed by atoms with Crippen LogP contribution in [0.15, 0.2) is 28.7 Å². The molecule has 2 rings (SSSR count). The Morgan fingerprint density at radius 1 is 1.26 bits per heavy atom. The third-order valence-corrected chi connectivity index (χ3v) is 4.35. The van der Waals surface area contributed by atoms with Crippen molar-refractivity contribution < 1.29 is 14.7 Å². The molecule has 0 bridgehead atoms. The van der Waals surface area contributed by atoms with Gasteiger partial charge in [0, 0.05) is 11.0 Å². The molecule has 0 unspecified atom stereocenters. The van der Waals surface area contributed by atoms with Crippen molar-refractivity contribution in [3.63, 3.8) is 0 Å². The SMILES string of the molecule is O=C(O)[C@H]1CCC[C@H]1C(=O)NCc1ccccc1Br. The lowest BCUT2D eigenvalue weighted by Crippen LogP contribution is -2.34. The number of aliphatic carboxylic acids is 1. The molecule has 1 aliphatic carbocycles. The van der Waals surface area contributed by atoms with Crippen molar-refractivity contribution in [2.45, 2.75) is 25.8 Å². The third kappa shape index (κ3) is 3.35. The van der Waals surface area contributed by atoms with Gasteiger partial charge in [-0.2, -0.15) is 0 Å². The summed E-state index contributed by atoms with van der Waals surface area (Å²) in [4.78, 5) is 23.1. The predicted octanol–water partition coefficient (Wildman–Crippen LogP) is 2.57. The van der Waals surface area contributed by atoms with E-state index < -0.39 is 11.9 Å². The maximum Gasteiger partial charge on any atom is 0.307 e. The summed E-state index contributed by atoms with van der Waals surface area (Å²) >= 11 is 3.42. The van der Waals surface area contributed by atoms with Crippen LogP contribution in [0.2, 0.25) is 0 Å². The predicted molar refractivity (Wildman–Crippen MR) is 74.5 cm³/mol. The van der Waals surface area contributed by atoms with Gasteiger partial charge in [0.1, 0.15) is 0 Å². The van der Waals surface area contributed by atoms with Crippen LogP contribution in [0.25, 0.3) is 0 Å². The zero-order valence-corrected chi connectivity index (χ0v) is 12.0. The van der Waals surface area contributed by atoms with E-state index in [4.69, 9.17) is 5.11 Å². The smallest absolute Gasteiger partial charge is 0.307 e. The van der Waals surface area contributed by atoms with E-state index in [1.807, 2.05) is 24.3 Å². The molecule has 1 fully saturated rings. The van der Waals surface area contributed by atoms with Crippen molar-refractivity contribution in [1.82, 2.24) is 5.32 Å². The summed E-state index contributed by atoms with van der Waals surface area (Å²) in [6, 6.07) is 7.65. The summed E-state index contributed by atoms with van der Waals surface area (Å²) in [5.74, 6) is -1.93. The van der Waals surface area contributed by atoms with E-state index in [1.165, 1.54) is 0 Å². The third-order valence-electron chi connectivity index (χ3n) is 3.58. The lowest BCUT2D eigenvalue weighted by molar-refractivity contribution is -0.146. The minimum Gasteiger partial charge on any atom is -0.481 e. The molecular weight excluding hydrogens is 310 g/mol. The Bertz CT molecular complexity index is 489. The fourth-order valence-electron chi connectivity index (χ4n) is 2.52. The fourth-order valence-corrected chi connectivity index (χ4v) is 2.95. The minimum absolute atomic E-state index is 0.152. The fraction of sp³-hybridized carbons (Fsp3) is 0.429. The van der Waals surface area contributed by atoms with E-state index >= 15 is 0 Å². The zero-order chi connectivity index (χ0) is 13.8. The van der Waals surface area contributed by atoms with Crippen LogP contribution >= 0.6 is 15.9 Å². The molecular formula is C14H16BrNO3. The van der Waals surface area contributed by atoms with E-state index in [1.54, 1.807) is 0 Å². The number of carbonyl (C=O) groups excluding carboxylic acids is 1. The Morgan fingerprint density at radius 3 is 2.63 bits per heavy atom. The van der Waals surface area contributed by atoms with Gasteiger partial charge < -0.3 is 10.4 Å². The van der Waals surface area contributed by atoms with Gasteiger partial charge >= 0.3 is 5.97 Å². The topological polar surface area (TPSA) is 66.4 Å². The van der Waals surface area contributed by atoms with Gasteiger partial charge in [-0.1, -0.05) is 40.5 Å². The highest BCUT2D eigenvalue weighted by Gasteiger charge is 2.37. The van der Waals surface area contributed by atoms with Crippen LogP contribution in [0.1, 0.15) is 24.8 Å². The number of carboxylic acids is 1. The van der Waals surface area contributed by atoms with Crippen molar-refractivity contribution >= 4 is 27.8 Å². The van der Waals surface area contributed by atoms with Gasteiger partial charge in [-0.25, -0.2) is 0 Å². The molecule has 1 aromatic rings. The maximum atomic E-state index is 12.1. The van der Waals surface area contributed by atoms with Crippen LogP contribution < -0.4 is 5.32 Å². The van der Waals surface area contributed by atoms with Crippen LogP contribution in [0.3, 0.4) is 0 Å². The van der Waals surface area contributed by atoms with Crippen molar-refractivity contribution in [3.8, 4) is 0 Å². The molecule has 1 aliphatic rings. The standard InChI is InChI=1S/C14H16BrNO3/c15-12-7-2-1-4-9(12)8-16-13(17)10-5-3-6-11(10)14(18)19/h1-2,4,7,10-11H,3,5-6,8H2,(H,16,17)(H,18,19)/t10-,11+/m1/s1. The Labute approximate surface area is 120 Å². The van der Waals surface area contributed by atoms with Crippen molar-refractivity contribution in [3.05, 3.63) is 34.3 Å². The van der Waals surface area contributed by atoms with Crippen molar-refractivity contribution in [1.29, 1.82) is 0 Å². The summed E-state index contributed by atoms with van der Waals surface area (Å²) in [7, 11) is 0. The number of hydrogen-bond donors (Lipinski definition) is 2. The molecule has 2 atom stereocenters. The number of rotatable bonds is 4. The molecule has 1 amide bonds. The first-order valence-electron chi connectivity index (χ1n) is 6.33. The van der Waals surface area contributed by atoms with Crippen LogP contribution in [-0.4, -0.2) is 17.0 Å². The number of carbonyl (C=O) groups is 2. The zero-order valence-electron chi connectivity index (χ0n) is 10.4. The molecule has 0 heterocycles. The van der Waals surface area contributed by atoms with Gasteiger partial charge in [-0.05, 0) is 24.5 Å². The first-order chi connectivity index (χ1) is 9.09. The summed E-state index contributed by atoms with van der Waals surface area (Å²) < 4.78 is 0.941. The number of nitrogens with one attached hydrogen (secondary N) is 1. The Hall–Kier alpha value is -1.36. The molecule has 0 radical (unpaired) electrons. The lowest BCUT2D eigenvalue weighted by atomic mass is 9.95. The molecule has 102 valence electrons. The summed E-state index contributed by atoms with van der Waals surface area (Å²) in [5.41, 5.74) is 0.987. The van der Waals surface area contributed by atoms with E-state index in [2.05, 4.69) is 21.2 Å². The normalized spacial score (nSPS) is 22.2. The number of benzene rings is 1. The molecule has 0 spiro atoms. The average molecular weight is 326 g/mol. The van der Waals surface area contributed by atoms with Gasteiger partial charge in [0.05, 0.1) is 11.8 Å². The Balaban J connectivity index is 1.95. The monoisotopic (exact) mass is 325 g/mol. The van der Waals surface area contributed by atoms with Gasteiger partial charge in [0.25, 0.3) is 0 Å². The quantitative estimate of drug-likeness (QED) is 0.894. The highest BCUT2D eigenvalue weighted by atomic mass is 79.9. The molecule has 0 aromatic heterocycles. The van der Waals surface area contributed by atoms with Crippen molar-refractivity contribution in [2.24, 2.45) is 11.8 Å². The number of hydrogen-bond acceptors (Lipinski definition) is 2. The largest absolute Gasteiger partial charge is 0.481 e. The Morgan fingerprint density at radius 2 is 1.95 bits per heavy atom. The summed E-state index contributed by atoms with van der Waals surface area (Å²) in [6.07, 6.45) is 2.07. The summed E-state index contributed by atoms with van der Waals surface area (Å²) in [6.45, 7) is 0.420. The first kappa shape index (κ1) is 14.1. The highest BCUT2D eigenvalue weighted by molar-refractivity contribution is 9.10. The van der Waals surface area contributed by atoms with Gasteiger partial charge in [-0.3, -0.25) is 9.59 Å². The van der Waals surface area contributed by atoms with Crippen LogP contribution in [0.5, 0.6) is 0 Å². The molecule has 4 nitrogen and oxygen atoms in total. The van der Waals surface area contributed by atoms with Crippen LogP contribution in [0, 0.1) is 11.8 Å². The molecule has 1 aromatic carbocycles. The van der Waals surface area contributed by atoms with Crippen LogP contribution in [-0.2, 0) is 16.1 Å². The number of carboxylic acid groups (broad SMARTS) is 1. The molecule has 2 N–H and O–H groups in total. The van der Waals surface area contributed by atoms with Crippen molar-refractivity contribution in [2.75, 3.05) is 0 Å². The second-order valence-electron chi connectivity index (χ2n) is 4.79. The van der Waals surface area contributed by atoms with Gasteiger partial charge in [0.15, 0.2) is 0 Å². The second-order valence-corrected chi connectivity index (χ2v) is 5.65. The molecule has 0 saturated heterocycles. The highest BCUT2D eigenvalue weighted by Crippen LogP contribution is 2.32. The lowest BCUT2D eigenvalue weighted by Gasteiger charge is -2.15. The molecule has 1 saturated carbocycles. The van der Waals surface area contributed by atoms with Gasteiger partial charge in [-0.15, -0.1) is 0 Å². The van der Waals surface area contributed by atoms with E-state index in [-0.39, 0.29) is 11.8 Å². The maximum absolute atomic E-state index is 12.1. The second kappa shape index (κ2) is 6.19. The average Bonchev–Trinajstić information content (AvgIpc) is 2.87. The summed E-state index contributed by atoms with van der Waals surface area (Å²) in [5, 5.41) is 11.9. The van der Waals surface area contributed by atoms with E-state index in [0.29, 0.717) is 19.4 Å². The van der Waals surface area contributed by atoms with E-state index in [9.17, 15) is 9.59 Å². The minimum atomic E-state index is -0.862. The van der Waals surface area contributed by atoms with Crippen LogP contribution in [0.4, 0.5) is 0 Å². The molecule has 5 heteroatoms. The Kier molecular flexibility index (Phi) is 4.58. The number of halogens is 1.